The van der Waals surface area contributed by atoms with Crippen LogP contribution in [0.25, 0.3) is 5.65 Å². The van der Waals surface area contributed by atoms with Gasteiger partial charge < -0.3 is 10.6 Å². The van der Waals surface area contributed by atoms with Crippen molar-refractivity contribution in [3.63, 3.8) is 0 Å². The molecule has 0 bridgehead atoms. The summed E-state index contributed by atoms with van der Waals surface area (Å²) in [5.41, 5.74) is 3.69. The summed E-state index contributed by atoms with van der Waals surface area (Å²) in [4.78, 5) is 25.0. The van der Waals surface area contributed by atoms with Crippen molar-refractivity contribution in [1.29, 1.82) is 0 Å². The minimum Gasteiger partial charge on any atom is -0.348 e. The van der Waals surface area contributed by atoms with Gasteiger partial charge in [-0.1, -0.05) is 59.8 Å². The predicted molar refractivity (Wildman–Crippen MR) is 126 cm³/mol. The summed E-state index contributed by atoms with van der Waals surface area (Å²) in [6, 6.07) is 18.5. The molecule has 32 heavy (non-hydrogen) atoms. The number of nitrogens with one attached hydrogen (secondary N) is 2. The molecule has 9 heteroatoms. The molecule has 0 atom stereocenters. The number of carbonyl (C=O) groups excluding carboxylic acids is 2. The maximum Gasteiger partial charge on any atom is 0.253 e. The van der Waals surface area contributed by atoms with Crippen LogP contribution < -0.4 is 10.6 Å². The highest BCUT2D eigenvalue weighted by molar-refractivity contribution is 7.99. The van der Waals surface area contributed by atoms with Crippen LogP contribution in [-0.4, -0.2) is 32.2 Å². The van der Waals surface area contributed by atoms with Gasteiger partial charge in [0.1, 0.15) is 0 Å². The Morgan fingerprint density at radius 1 is 1.06 bits per heavy atom. The minimum atomic E-state index is -0.199. The molecule has 2 aromatic carbocycles. The Balaban J connectivity index is 1.41. The van der Waals surface area contributed by atoms with Crippen LogP contribution in [0.15, 0.2) is 72.0 Å². The van der Waals surface area contributed by atoms with E-state index in [2.05, 4.69) is 20.8 Å². The van der Waals surface area contributed by atoms with E-state index in [9.17, 15) is 9.59 Å². The van der Waals surface area contributed by atoms with E-state index >= 15 is 0 Å². The molecule has 0 unspecified atom stereocenters. The van der Waals surface area contributed by atoms with Crippen LogP contribution in [0.4, 0.5) is 5.69 Å². The van der Waals surface area contributed by atoms with Crippen molar-refractivity contribution in [2.24, 2.45) is 0 Å². The number of aryl methyl sites for hydroxylation is 1. The smallest absolute Gasteiger partial charge is 0.253 e. The molecule has 0 radical (unpaired) electrons. The van der Waals surface area contributed by atoms with Crippen LogP contribution in [0.1, 0.15) is 21.5 Å². The second kappa shape index (κ2) is 9.84. The van der Waals surface area contributed by atoms with Crippen LogP contribution in [0.3, 0.4) is 0 Å². The van der Waals surface area contributed by atoms with Gasteiger partial charge in [0.25, 0.3) is 5.91 Å². The normalized spacial score (nSPS) is 10.8. The predicted octanol–water partition coefficient (Wildman–Crippen LogP) is 4.35. The molecule has 0 spiro atoms. The Bertz CT molecular complexity index is 1280. The number of thioether (sulfide) groups is 1. The minimum absolute atomic E-state index is 0.136. The quantitative estimate of drug-likeness (QED) is 0.396. The molecule has 0 aliphatic carbocycles. The Labute approximate surface area is 194 Å². The maximum absolute atomic E-state index is 12.6. The van der Waals surface area contributed by atoms with Crippen LogP contribution >= 0.6 is 23.4 Å². The Kier molecular flexibility index (Phi) is 6.72. The van der Waals surface area contributed by atoms with Crippen molar-refractivity contribution in [2.45, 2.75) is 18.6 Å². The second-order valence-corrected chi connectivity index (χ2v) is 8.47. The Morgan fingerprint density at radius 2 is 1.88 bits per heavy atom. The summed E-state index contributed by atoms with van der Waals surface area (Å²) in [6.07, 6.45) is 1.68. The molecule has 7 nitrogen and oxygen atoms in total. The van der Waals surface area contributed by atoms with E-state index in [0.717, 1.165) is 11.1 Å². The van der Waals surface area contributed by atoms with E-state index in [1.807, 2.05) is 43.3 Å². The molecule has 2 N–H and O–H groups in total. The fourth-order valence-electron chi connectivity index (χ4n) is 3.03. The average Bonchev–Trinajstić information content (AvgIpc) is 3.21. The molecule has 0 saturated heterocycles. The first-order valence-electron chi connectivity index (χ1n) is 9.85. The zero-order valence-electron chi connectivity index (χ0n) is 17.2. The van der Waals surface area contributed by atoms with Crippen LogP contribution in [0, 0.1) is 6.92 Å². The summed E-state index contributed by atoms with van der Waals surface area (Å²) >= 11 is 7.25. The van der Waals surface area contributed by atoms with Crippen LogP contribution in [-0.2, 0) is 11.3 Å². The zero-order chi connectivity index (χ0) is 22.5. The van der Waals surface area contributed by atoms with Crippen molar-refractivity contribution >= 4 is 46.5 Å². The lowest BCUT2D eigenvalue weighted by Gasteiger charge is -2.08. The number of hydrogen-bond acceptors (Lipinski definition) is 5. The highest BCUT2D eigenvalue weighted by Gasteiger charge is 2.13. The van der Waals surface area contributed by atoms with Gasteiger partial charge in [0.05, 0.1) is 11.3 Å². The SMILES string of the molecule is Cc1ccc(Cl)cc1NC(=O)CSc1nnc2ccc(C(=O)NCc3ccccc3)cn12. The standard InChI is InChI=1S/C23H20ClN5O2S/c1-15-7-9-18(24)11-19(15)26-21(30)14-32-23-28-27-20-10-8-17(13-29(20)23)22(31)25-12-16-5-3-2-4-6-16/h2-11,13H,12,14H2,1H3,(H,25,31)(H,26,30). The molecule has 0 fully saturated rings. The lowest BCUT2D eigenvalue weighted by atomic mass is 10.2. The lowest BCUT2D eigenvalue weighted by molar-refractivity contribution is -0.113. The molecular weight excluding hydrogens is 446 g/mol. The van der Waals surface area contributed by atoms with Crippen molar-refractivity contribution < 1.29 is 9.59 Å². The maximum atomic E-state index is 12.6. The topological polar surface area (TPSA) is 88.4 Å². The van der Waals surface area contributed by atoms with E-state index in [1.54, 1.807) is 34.9 Å². The van der Waals surface area contributed by atoms with E-state index in [-0.39, 0.29) is 17.6 Å². The van der Waals surface area contributed by atoms with Gasteiger partial charge >= 0.3 is 0 Å². The van der Waals surface area contributed by atoms with Crippen LogP contribution in [0.5, 0.6) is 0 Å². The first-order chi connectivity index (χ1) is 15.5. The van der Waals surface area contributed by atoms with Crippen LogP contribution in [0.2, 0.25) is 5.02 Å². The zero-order valence-corrected chi connectivity index (χ0v) is 18.8. The molecule has 4 aromatic rings. The molecule has 2 amide bonds. The van der Waals surface area contributed by atoms with Gasteiger partial charge in [-0.2, -0.15) is 0 Å². The van der Waals surface area contributed by atoms with Gasteiger partial charge in [-0.05, 0) is 42.3 Å². The number of benzene rings is 2. The van der Waals surface area contributed by atoms with Crippen molar-refractivity contribution in [2.75, 3.05) is 11.1 Å². The summed E-state index contributed by atoms with van der Waals surface area (Å²) in [7, 11) is 0. The Morgan fingerprint density at radius 3 is 2.69 bits per heavy atom. The molecule has 0 saturated carbocycles. The van der Waals surface area contributed by atoms with Gasteiger partial charge in [-0.25, -0.2) is 0 Å². The number of pyridine rings is 1. The third kappa shape index (κ3) is 5.27. The molecule has 162 valence electrons. The molecular formula is C23H20ClN5O2S. The second-order valence-electron chi connectivity index (χ2n) is 7.09. The van der Waals surface area contributed by atoms with Crippen molar-refractivity contribution in [3.8, 4) is 0 Å². The number of amides is 2. The molecule has 2 aromatic heterocycles. The van der Waals surface area contributed by atoms with Crippen molar-refractivity contribution in [1.82, 2.24) is 19.9 Å². The first-order valence-corrected chi connectivity index (χ1v) is 11.2. The number of rotatable bonds is 7. The number of nitrogens with zero attached hydrogens (tertiary/aromatic N) is 3. The number of anilines is 1. The van der Waals surface area contributed by atoms with E-state index in [0.29, 0.717) is 33.6 Å². The van der Waals surface area contributed by atoms with E-state index < -0.39 is 0 Å². The number of aromatic nitrogens is 3. The summed E-state index contributed by atoms with van der Waals surface area (Å²) < 4.78 is 1.71. The summed E-state index contributed by atoms with van der Waals surface area (Å²) in [6.45, 7) is 2.33. The molecule has 2 heterocycles. The number of hydrogen-bond donors (Lipinski definition) is 2. The highest BCUT2D eigenvalue weighted by Crippen LogP contribution is 2.22. The fourth-order valence-corrected chi connectivity index (χ4v) is 3.92. The summed E-state index contributed by atoms with van der Waals surface area (Å²) in [5, 5.41) is 15.1. The van der Waals surface area contributed by atoms with Gasteiger partial charge in [0, 0.05) is 23.5 Å². The Hall–Kier alpha value is -3.36. The van der Waals surface area contributed by atoms with E-state index in [1.165, 1.54) is 11.8 Å². The molecule has 4 rings (SSSR count). The van der Waals surface area contributed by atoms with Gasteiger partial charge in [-0.15, -0.1) is 10.2 Å². The number of halogens is 1. The number of carbonyl (C=O) groups is 2. The van der Waals surface area contributed by atoms with Crippen molar-refractivity contribution in [3.05, 3.63) is 88.6 Å². The number of fused-ring (bicyclic) bond motifs is 1. The third-order valence-corrected chi connectivity index (χ3v) is 5.91. The van der Waals surface area contributed by atoms with Gasteiger partial charge in [0.15, 0.2) is 10.8 Å². The van der Waals surface area contributed by atoms with E-state index in [4.69, 9.17) is 11.6 Å². The molecule has 0 aliphatic rings. The fraction of sp³-hybridized carbons (Fsp3) is 0.130. The third-order valence-electron chi connectivity index (χ3n) is 4.74. The molecule has 0 aliphatic heterocycles. The van der Waals surface area contributed by atoms with Gasteiger partial charge in [-0.3, -0.25) is 14.0 Å². The monoisotopic (exact) mass is 465 g/mol. The largest absolute Gasteiger partial charge is 0.348 e. The van der Waals surface area contributed by atoms with Gasteiger partial charge in [0.2, 0.25) is 5.91 Å². The summed E-state index contributed by atoms with van der Waals surface area (Å²) in [5.74, 6) is -0.250. The lowest BCUT2D eigenvalue weighted by Crippen LogP contribution is -2.23. The first kappa shape index (κ1) is 21.9. The average molecular weight is 466 g/mol. The highest BCUT2D eigenvalue weighted by atomic mass is 35.5.